The van der Waals surface area contributed by atoms with Crippen molar-refractivity contribution in [2.75, 3.05) is 11.9 Å². The third-order valence-corrected chi connectivity index (χ3v) is 7.08. The van der Waals surface area contributed by atoms with Crippen LogP contribution in [0.15, 0.2) is 78.2 Å². The maximum Gasteiger partial charge on any atom is 0.260 e. The van der Waals surface area contributed by atoms with Gasteiger partial charge in [-0.1, -0.05) is 60.6 Å². The summed E-state index contributed by atoms with van der Waals surface area (Å²) in [6.45, 7) is 8.84. The number of allylic oxidation sites excluding steroid dienone is 1. The highest BCUT2D eigenvalue weighted by Gasteiger charge is 2.27. The van der Waals surface area contributed by atoms with E-state index in [-0.39, 0.29) is 11.4 Å². The summed E-state index contributed by atoms with van der Waals surface area (Å²) in [7, 11) is 0. The zero-order valence-corrected chi connectivity index (χ0v) is 22.6. The van der Waals surface area contributed by atoms with Crippen LogP contribution in [0, 0.1) is 0 Å². The molecule has 3 aromatic rings. The lowest BCUT2D eigenvalue weighted by Crippen LogP contribution is -2.30. The summed E-state index contributed by atoms with van der Waals surface area (Å²) >= 11 is 7.46. The molecule has 1 saturated heterocycles. The highest BCUT2D eigenvalue weighted by molar-refractivity contribution is 8.05. The molecule has 0 bridgehead atoms. The molecule has 0 saturated carbocycles. The van der Waals surface area contributed by atoms with Crippen molar-refractivity contribution in [3.8, 4) is 11.5 Å². The Labute approximate surface area is 227 Å². The summed E-state index contributed by atoms with van der Waals surface area (Å²) in [6, 6.07) is 19.7. The van der Waals surface area contributed by atoms with E-state index in [9.17, 15) is 4.79 Å². The van der Waals surface area contributed by atoms with Crippen LogP contribution in [-0.2, 0) is 24.2 Å². The number of rotatable bonds is 11. The first-order valence-electron chi connectivity index (χ1n) is 12.3. The zero-order chi connectivity index (χ0) is 26.2. The first-order chi connectivity index (χ1) is 18.0. The Hall–Kier alpha value is -3.35. The molecule has 4 rings (SSSR count). The van der Waals surface area contributed by atoms with Gasteiger partial charge in [0.1, 0.15) is 6.61 Å². The van der Waals surface area contributed by atoms with Crippen LogP contribution >= 0.6 is 23.4 Å². The van der Waals surface area contributed by atoms with Crippen LogP contribution in [0.3, 0.4) is 0 Å². The molecule has 192 valence electrons. The predicted molar refractivity (Wildman–Crippen MR) is 154 cm³/mol. The Morgan fingerprint density at radius 3 is 2.46 bits per heavy atom. The molecule has 1 amide bonds. The fraction of sp³-hybridized carbons (Fsp3) is 0.233. The van der Waals surface area contributed by atoms with E-state index in [0.29, 0.717) is 41.1 Å². The van der Waals surface area contributed by atoms with Crippen molar-refractivity contribution in [1.29, 1.82) is 0 Å². The number of nitrogens with one attached hydrogen (secondary N) is 2. The van der Waals surface area contributed by atoms with E-state index in [1.807, 2.05) is 67.6 Å². The first-order valence-corrected chi connectivity index (χ1v) is 13.6. The molecule has 1 atom stereocenters. The van der Waals surface area contributed by atoms with E-state index in [2.05, 4.69) is 36.3 Å². The van der Waals surface area contributed by atoms with Crippen LogP contribution < -0.4 is 20.1 Å². The maximum atomic E-state index is 12.7. The molecule has 1 fully saturated rings. The fourth-order valence-corrected chi connectivity index (χ4v) is 5.05. The van der Waals surface area contributed by atoms with Gasteiger partial charge >= 0.3 is 0 Å². The average Bonchev–Trinajstić information content (AvgIpc) is 3.23. The Kier molecular flexibility index (Phi) is 9.20. The molecule has 0 aromatic heterocycles. The van der Waals surface area contributed by atoms with Gasteiger partial charge in [0.2, 0.25) is 0 Å². The topological polar surface area (TPSA) is 59.6 Å². The summed E-state index contributed by atoms with van der Waals surface area (Å²) in [6.07, 6.45) is 5.31. The van der Waals surface area contributed by atoms with Gasteiger partial charge in [-0.25, -0.2) is 0 Å². The Balaban J connectivity index is 1.55. The second-order valence-electron chi connectivity index (χ2n) is 8.52. The molecular weight excluding hydrogens is 504 g/mol. The van der Waals surface area contributed by atoms with Crippen molar-refractivity contribution in [3.63, 3.8) is 0 Å². The third kappa shape index (κ3) is 7.12. The van der Waals surface area contributed by atoms with Crippen LogP contribution in [0.2, 0.25) is 5.02 Å². The number of carbonyl (C=O) groups excluding carboxylic acids is 1. The van der Waals surface area contributed by atoms with Gasteiger partial charge in [0.25, 0.3) is 5.91 Å². The second-order valence-corrected chi connectivity index (χ2v) is 10.1. The van der Waals surface area contributed by atoms with Gasteiger partial charge in [-0.3, -0.25) is 4.79 Å². The lowest BCUT2D eigenvalue weighted by atomic mass is 10.0. The molecule has 1 aliphatic rings. The Morgan fingerprint density at radius 2 is 1.78 bits per heavy atom. The van der Waals surface area contributed by atoms with Crippen LogP contribution in [0.4, 0.5) is 5.69 Å². The summed E-state index contributed by atoms with van der Waals surface area (Å²) in [4.78, 5) is 13.4. The molecule has 5 nitrogen and oxygen atoms in total. The standard InChI is InChI=1S/C30H31ClN2O3S/c1-4-7-23-16-22(17-26(35-6-3)28(23)36-19-21-8-12-24(31)13-9-21)18-27-29(34)33-30(37-27)32-25-14-10-20(5-2)11-15-25/h4,8-18,30,32H,1,5-7,19H2,2-3H3,(H,33,34)/b27-18-/t30-/m0/s1. The van der Waals surface area contributed by atoms with Crippen molar-refractivity contribution in [2.24, 2.45) is 0 Å². The number of hydrogen-bond acceptors (Lipinski definition) is 5. The van der Waals surface area contributed by atoms with Crippen LogP contribution in [0.1, 0.15) is 36.1 Å². The zero-order valence-electron chi connectivity index (χ0n) is 21.1. The van der Waals surface area contributed by atoms with E-state index in [1.54, 1.807) is 0 Å². The molecule has 7 heteroatoms. The van der Waals surface area contributed by atoms with Gasteiger partial charge < -0.3 is 20.1 Å². The smallest absolute Gasteiger partial charge is 0.260 e. The highest BCUT2D eigenvalue weighted by Crippen LogP contribution is 2.37. The van der Waals surface area contributed by atoms with Gasteiger partial charge in [0.15, 0.2) is 17.0 Å². The quantitative estimate of drug-likeness (QED) is 0.201. The molecule has 0 aliphatic carbocycles. The van der Waals surface area contributed by atoms with Gasteiger partial charge in [0, 0.05) is 16.3 Å². The van der Waals surface area contributed by atoms with Crippen LogP contribution in [0.25, 0.3) is 6.08 Å². The number of anilines is 1. The molecule has 1 aliphatic heterocycles. The number of aryl methyl sites for hydroxylation is 1. The van der Waals surface area contributed by atoms with Crippen molar-refractivity contribution in [1.82, 2.24) is 5.32 Å². The molecule has 2 N–H and O–H groups in total. The van der Waals surface area contributed by atoms with Crippen molar-refractivity contribution in [3.05, 3.63) is 106 Å². The summed E-state index contributed by atoms with van der Waals surface area (Å²) < 4.78 is 12.2. The molecule has 0 radical (unpaired) electrons. The van der Waals surface area contributed by atoms with E-state index >= 15 is 0 Å². The minimum Gasteiger partial charge on any atom is -0.490 e. The molecule has 37 heavy (non-hydrogen) atoms. The molecule has 0 unspecified atom stereocenters. The largest absolute Gasteiger partial charge is 0.490 e. The number of hydrogen-bond donors (Lipinski definition) is 2. The van der Waals surface area contributed by atoms with E-state index in [0.717, 1.165) is 28.8 Å². The van der Waals surface area contributed by atoms with Gasteiger partial charge in [0.05, 0.1) is 11.5 Å². The minimum atomic E-state index is -0.243. The van der Waals surface area contributed by atoms with Crippen molar-refractivity contribution >= 4 is 41.0 Å². The third-order valence-electron chi connectivity index (χ3n) is 5.80. The second kappa shape index (κ2) is 12.7. The number of halogens is 1. The Bertz CT molecular complexity index is 1270. The van der Waals surface area contributed by atoms with Gasteiger partial charge in [-0.2, -0.15) is 0 Å². The average molecular weight is 535 g/mol. The fourth-order valence-electron chi connectivity index (χ4n) is 3.94. The lowest BCUT2D eigenvalue weighted by molar-refractivity contribution is -0.116. The molecule has 3 aromatic carbocycles. The summed E-state index contributed by atoms with van der Waals surface area (Å²) in [5.41, 5.74) is 4.80. The van der Waals surface area contributed by atoms with E-state index in [1.165, 1.54) is 17.3 Å². The summed E-state index contributed by atoms with van der Waals surface area (Å²) in [5, 5.41) is 7.05. The summed E-state index contributed by atoms with van der Waals surface area (Å²) in [5.74, 6) is 1.20. The number of amides is 1. The number of ether oxygens (including phenoxy) is 2. The highest BCUT2D eigenvalue weighted by atomic mass is 35.5. The van der Waals surface area contributed by atoms with Crippen molar-refractivity contribution in [2.45, 2.75) is 38.8 Å². The number of carbonyl (C=O) groups is 1. The predicted octanol–water partition coefficient (Wildman–Crippen LogP) is 7.21. The first kappa shape index (κ1) is 26.7. The number of benzene rings is 3. The monoisotopic (exact) mass is 534 g/mol. The van der Waals surface area contributed by atoms with Crippen LogP contribution in [-0.4, -0.2) is 18.0 Å². The lowest BCUT2D eigenvalue weighted by Gasteiger charge is -2.17. The molecule has 0 spiro atoms. The molecule has 1 heterocycles. The van der Waals surface area contributed by atoms with E-state index in [4.69, 9.17) is 21.1 Å². The minimum absolute atomic E-state index is 0.112. The molecular formula is C30H31ClN2O3S. The van der Waals surface area contributed by atoms with Gasteiger partial charge in [-0.05, 0) is 78.9 Å². The SMILES string of the molecule is C=CCc1cc(/C=C2\S[C@@H](Nc3ccc(CC)cc3)NC2=O)cc(OCC)c1OCc1ccc(Cl)cc1. The van der Waals surface area contributed by atoms with Crippen LogP contribution in [0.5, 0.6) is 11.5 Å². The van der Waals surface area contributed by atoms with Crippen molar-refractivity contribution < 1.29 is 14.3 Å². The van der Waals surface area contributed by atoms with Gasteiger partial charge in [-0.15, -0.1) is 6.58 Å². The normalized spacial score (nSPS) is 15.9. The number of thioether (sulfide) groups is 1. The maximum absolute atomic E-state index is 12.7. The van der Waals surface area contributed by atoms with E-state index < -0.39 is 0 Å². The Morgan fingerprint density at radius 1 is 1.05 bits per heavy atom.